The largest absolute Gasteiger partial charge is 0.244 e. The second-order valence-corrected chi connectivity index (χ2v) is 4.57. The molecule has 13 heavy (non-hydrogen) atoms. The first-order valence-corrected chi connectivity index (χ1v) is 5.12. The molecule has 1 aliphatic rings. The van der Waals surface area contributed by atoms with Crippen LogP contribution in [0, 0.1) is 0 Å². The lowest BCUT2D eigenvalue weighted by Gasteiger charge is -2.06. The van der Waals surface area contributed by atoms with E-state index in [-0.39, 0.29) is 0 Å². The highest BCUT2D eigenvalue weighted by molar-refractivity contribution is 7.77. The summed E-state index contributed by atoms with van der Waals surface area (Å²) in [5.41, 5.74) is 4.31. The van der Waals surface area contributed by atoms with Gasteiger partial charge in [-0.2, -0.15) is 0 Å². The Morgan fingerprint density at radius 1 is 1.23 bits per heavy atom. The fraction of sp³-hybridized carbons (Fsp3) is 0.455. The minimum Gasteiger partial charge on any atom is -0.244 e. The molecular weight excluding hydrogens is 178 g/mol. The van der Waals surface area contributed by atoms with Gasteiger partial charge >= 0.3 is 0 Å². The quantitative estimate of drug-likeness (QED) is 0.671. The molecule has 0 amide bonds. The van der Waals surface area contributed by atoms with Gasteiger partial charge in [0.15, 0.2) is 0 Å². The van der Waals surface area contributed by atoms with E-state index in [9.17, 15) is 0 Å². The molecule has 0 aliphatic carbocycles. The Kier molecular flexibility index (Phi) is 2.35. The number of thiol groups is 1. The van der Waals surface area contributed by atoms with Crippen LogP contribution in [0.1, 0.15) is 36.5 Å². The molecule has 0 bridgehead atoms. The molecule has 70 valence electrons. The third-order valence-electron chi connectivity index (χ3n) is 2.60. The van der Waals surface area contributed by atoms with Gasteiger partial charge in [0.2, 0.25) is 0 Å². The Bertz CT molecular complexity index is 320. The van der Waals surface area contributed by atoms with Crippen LogP contribution in [0.5, 0.6) is 0 Å². The lowest BCUT2D eigenvalue weighted by molar-refractivity contribution is 0.516. The van der Waals surface area contributed by atoms with E-state index in [0.717, 1.165) is 13.1 Å². The highest BCUT2D eigenvalue weighted by Crippen LogP contribution is 2.27. The predicted molar refractivity (Wildman–Crippen MR) is 58.8 cm³/mol. The SMILES string of the molecule is CC(C)c1ccc2c(c1)CN(S)C2. The van der Waals surface area contributed by atoms with Gasteiger partial charge in [0.25, 0.3) is 0 Å². The molecule has 0 N–H and O–H groups in total. The standard InChI is InChI=1S/C11H15NS/c1-8(2)9-3-4-10-6-12(13)7-11(10)5-9/h3-5,8,13H,6-7H2,1-2H3. The summed E-state index contributed by atoms with van der Waals surface area (Å²) in [6.45, 7) is 6.43. The summed E-state index contributed by atoms with van der Waals surface area (Å²) >= 11 is 4.36. The molecule has 0 aromatic heterocycles. The van der Waals surface area contributed by atoms with E-state index >= 15 is 0 Å². The molecule has 1 nitrogen and oxygen atoms in total. The van der Waals surface area contributed by atoms with E-state index in [0.29, 0.717) is 5.92 Å². The van der Waals surface area contributed by atoms with Crippen molar-refractivity contribution >= 4 is 12.8 Å². The topological polar surface area (TPSA) is 3.24 Å². The highest BCUT2D eigenvalue weighted by Gasteiger charge is 2.16. The van der Waals surface area contributed by atoms with Gasteiger partial charge in [-0.05, 0) is 22.6 Å². The molecule has 0 radical (unpaired) electrons. The number of nitrogens with zero attached hydrogens (tertiary/aromatic N) is 1. The number of benzene rings is 1. The summed E-state index contributed by atoms with van der Waals surface area (Å²) in [6.07, 6.45) is 0. The fourth-order valence-electron chi connectivity index (χ4n) is 1.76. The zero-order valence-electron chi connectivity index (χ0n) is 8.12. The second kappa shape index (κ2) is 3.35. The van der Waals surface area contributed by atoms with Crippen LogP contribution in [0.4, 0.5) is 0 Å². The molecule has 1 aromatic rings. The summed E-state index contributed by atoms with van der Waals surface area (Å²) in [5.74, 6) is 0.624. The normalized spacial score (nSPS) is 16.6. The first kappa shape index (κ1) is 9.10. The minimum absolute atomic E-state index is 0.624. The summed E-state index contributed by atoms with van der Waals surface area (Å²) in [7, 11) is 0. The average molecular weight is 193 g/mol. The fourth-order valence-corrected chi connectivity index (χ4v) is 2.06. The van der Waals surface area contributed by atoms with Gasteiger partial charge in [0.05, 0.1) is 0 Å². The maximum absolute atomic E-state index is 4.36. The first-order chi connectivity index (χ1) is 6.16. The van der Waals surface area contributed by atoms with Crippen LogP contribution in [0.2, 0.25) is 0 Å². The average Bonchev–Trinajstić information content (AvgIpc) is 2.42. The highest BCUT2D eigenvalue weighted by atomic mass is 32.1. The van der Waals surface area contributed by atoms with E-state index in [1.54, 1.807) is 0 Å². The van der Waals surface area contributed by atoms with Crippen LogP contribution >= 0.6 is 12.8 Å². The number of hydrogen-bond donors (Lipinski definition) is 1. The van der Waals surface area contributed by atoms with E-state index in [1.807, 2.05) is 0 Å². The smallest absolute Gasteiger partial charge is 0.0345 e. The Morgan fingerprint density at radius 3 is 2.62 bits per heavy atom. The molecule has 0 spiro atoms. The molecule has 0 atom stereocenters. The number of fused-ring (bicyclic) bond motifs is 1. The van der Waals surface area contributed by atoms with Crippen molar-refractivity contribution in [3.8, 4) is 0 Å². The van der Waals surface area contributed by atoms with Crippen molar-refractivity contribution in [3.63, 3.8) is 0 Å². The minimum atomic E-state index is 0.624. The lowest BCUT2D eigenvalue weighted by Crippen LogP contribution is -1.99. The summed E-state index contributed by atoms with van der Waals surface area (Å²) in [6, 6.07) is 6.79. The third-order valence-corrected chi connectivity index (χ3v) is 2.89. The van der Waals surface area contributed by atoms with Crippen LogP contribution in [0.3, 0.4) is 0 Å². The monoisotopic (exact) mass is 193 g/mol. The van der Waals surface area contributed by atoms with Crippen LogP contribution < -0.4 is 0 Å². The zero-order valence-corrected chi connectivity index (χ0v) is 9.01. The van der Waals surface area contributed by atoms with Gasteiger partial charge < -0.3 is 0 Å². The van der Waals surface area contributed by atoms with E-state index in [4.69, 9.17) is 0 Å². The second-order valence-electron chi connectivity index (χ2n) is 4.01. The maximum Gasteiger partial charge on any atom is 0.0345 e. The lowest BCUT2D eigenvalue weighted by atomic mass is 9.99. The van der Waals surface area contributed by atoms with Gasteiger partial charge in [0.1, 0.15) is 0 Å². The molecule has 1 aliphatic heterocycles. The zero-order chi connectivity index (χ0) is 9.42. The summed E-state index contributed by atoms with van der Waals surface area (Å²) in [4.78, 5) is 0. The van der Waals surface area contributed by atoms with E-state index < -0.39 is 0 Å². The van der Waals surface area contributed by atoms with Gasteiger partial charge in [-0.1, -0.05) is 44.9 Å². The van der Waals surface area contributed by atoms with Crippen molar-refractivity contribution < 1.29 is 0 Å². The van der Waals surface area contributed by atoms with Gasteiger partial charge in [-0.25, -0.2) is 4.31 Å². The molecular formula is C11H15NS. The molecule has 0 unspecified atom stereocenters. The van der Waals surface area contributed by atoms with Crippen molar-refractivity contribution in [2.75, 3.05) is 0 Å². The maximum atomic E-state index is 4.36. The van der Waals surface area contributed by atoms with Gasteiger partial charge in [0, 0.05) is 13.1 Å². The molecule has 0 saturated heterocycles. The Labute approximate surface area is 85.3 Å². The van der Waals surface area contributed by atoms with Crippen LogP contribution in [0.15, 0.2) is 18.2 Å². The van der Waals surface area contributed by atoms with Crippen molar-refractivity contribution in [2.45, 2.75) is 32.9 Å². The Morgan fingerprint density at radius 2 is 1.92 bits per heavy atom. The van der Waals surface area contributed by atoms with Crippen molar-refractivity contribution in [3.05, 3.63) is 34.9 Å². The summed E-state index contributed by atoms with van der Waals surface area (Å²) < 4.78 is 2.05. The molecule has 1 heterocycles. The number of rotatable bonds is 1. The Hall–Kier alpha value is -0.470. The van der Waals surface area contributed by atoms with Crippen molar-refractivity contribution in [1.82, 2.24) is 4.31 Å². The summed E-state index contributed by atoms with van der Waals surface area (Å²) in [5, 5.41) is 0. The van der Waals surface area contributed by atoms with Crippen molar-refractivity contribution in [1.29, 1.82) is 0 Å². The van der Waals surface area contributed by atoms with Crippen molar-refractivity contribution in [2.24, 2.45) is 0 Å². The molecule has 1 aromatic carbocycles. The van der Waals surface area contributed by atoms with E-state index in [1.165, 1.54) is 16.7 Å². The molecule has 0 fully saturated rings. The Balaban J connectivity index is 2.35. The van der Waals surface area contributed by atoms with Crippen LogP contribution in [-0.4, -0.2) is 4.31 Å². The predicted octanol–water partition coefficient (Wildman–Crippen LogP) is 2.97. The van der Waals surface area contributed by atoms with Crippen LogP contribution in [0.25, 0.3) is 0 Å². The van der Waals surface area contributed by atoms with E-state index in [2.05, 4.69) is 49.2 Å². The van der Waals surface area contributed by atoms with Crippen LogP contribution in [-0.2, 0) is 13.1 Å². The van der Waals surface area contributed by atoms with Gasteiger partial charge in [-0.15, -0.1) is 0 Å². The first-order valence-electron chi connectivity index (χ1n) is 4.72. The van der Waals surface area contributed by atoms with Gasteiger partial charge in [-0.3, -0.25) is 0 Å². The third kappa shape index (κ3) is 1.74. The number of hydrogen-bond acceptors (Lipinski definition) is 2. The molecule has 2 rings (SSSR count). The molecule has 2 heteroatoms. The molecule has 0 saturated carbocycles.